The monoisotopic (exact) mass is 255 g/mol. The fourth-order valence-electron chi connectivity index (χ4n) is 1.24. The number of para-hydroxylation sites is 1. The molecule has 0 fully saturated rings. The molecule has 0 radical (unpaired) electrons. The maximum Gasteiger partial charge on any atom is 0.260 e. The van der Waals surface area contributed by atoms with E-state index in [1.54, 1.807) is 33.0 Å². The lowest BCUT2D eigenvalue weighted by molar-refractivity contribution is -0.138. The molecular weight excluding hydrogens is 237 g/mol. The van der Waals surface area contributed by atoms with Gasteiger partial charge in [-0.25, -0.2) is 4.39 Å². The largest absolute Gasteiger partial charge is 0.481 e. The van der Waals surface area contributed by atoms with Crippen LogP contribution in [0.3, 0.4) is 0 Å². The van der Waals surface area contributed by atoms with Gasteiger partial charge in [0.1, 0.15) is 0 Å². The standard InChI is InChI=1S/C13H18FNO3/c1-13(2,9-16)15(3)12(17)8-18-11-7-5-4-6-10(11)14/h4-7,16H,8-9H2,1-3H3. The minimum Gasteiger partial charge on any atom is -0.481 e. The summed E-state index contributed by atoms with van der Waals surface area (Å²) in [4.78, 5) is 13.2. The first-order chi connectivity index (χ1) is 8.38. The average molecular weight is 255 g/mol. The van der Waals surface area contributed by atoms with Gasteiger partial charge in [0.25, 0.3) is 5.91 Å². The summed E-state index contributed by atoms with van der Waals surface area (Å²) in [7, 11) is 1.57. The summed E-state index contributed by atoms with van der Waals surface area (Å²) in [5.41, 5.74) is -0.671. The second-order valence-corrected chi connectivity index (χ2v) is 4.64. The van der Waals surface area contributed by atoms with Gasteiger partial charge in [-0.2, -0.15) is 0 Å². The zero-order valence-electron chi connectivity index (χ0n) is 10.8. The SMILES string of the molecule is CN(C(=O)COc1ccccc1F)C(C)(C)CO. The number of hydrogen-bond acceptors (Lipinski definition) is 3. The number of nitrogens with zero attached hydrogens (tertiary/aromatic N) is 1. The molecule has 0 atom stereocenters. The van der Waals surface area contributed by atoms with E-state index in [0.29, 0.717) is 0 Å². The first-order valence-electron chi connectivity index (χ1n) is 5.63. The molecule has 0 aliphatic carbocycles. The third kappa shape index (κ3) is 3.43. The van der Waals surface area contributed by atoms with Crippen molar-refractivity contribution in [2.75, 3.05) is 20.3 Å². The first kappa shape index (κ1) is 14.4. The number of benzene rings is 1. The first-order valence-corrected chi connectivity index (χ1v) is 5.63. The molecule has 0 bridgehead atoms. The Labute approximate surface area is 106 Å². The Hall–Kier alpha value is -1.62. The van der Waals surface area contributed by atoms with Gasteiger partial charge in [-0.15, -0.1) is 0 Å². The van der Waals surface area contributed by atoms with Gasteiger partial charge < -0.3 is 14.7 Å². The maximum atomic E-state index is 13.3. The molecule has 0 aliphatic heterocycles. The summed E-state index contributed by atoms with van der Waals surface area (Å²) in [6.07, 6.45) is 0. The highest BCUT2D eigenvalue weighted by Gasteiger charge is 2.26. The molecule has 18 heavy (non-hydrogen) atoms. The van der Waals surface area contributed by atoms with E-state index >= 15 is 0 Å². The molecule has 5 heteroatoms. The topological polar surface area (TPSA) is 49.8 Å². The molecule has 4 nitrogen and oxygen atoms in total. The molecule has 1 N–H and O–H groups in total. The number of likely N-dealkylation sites (N-methyl/N-ethyl adjacent to an activating group) is 1. The van der Waals surface area contributed by atoms with Gasteiger partial charge in [0.2, 0.25) is 0 Å². The van der Waals surface area contributed by atoms with Crippen molar-refractivity contribution in [3.8, 4) is 5.75 Å². The van der Waals surface area contributed by atoms with Crippen LogP contribution < -0.4 is 4.74 Å². The van der Waals surface area contributed by atoms with Crippen molar-refractivity contribution < 1.29 is 19.0 Å². The molecule has 1 aromatic rings. The number of amides is 1. The predicted molar refractivity (Wildman–Crippen MR) is 65.8 cm³/mol. The highest BCUT2D eigenvalue weighted by atomic mass is 19.1. The molecular formula is C13H18FNO3. The zero-order valence-corrected chi connectivity index (χ0v) is 10.8. The Balaban J connectivity index is 2.59. The number of halogens is 1. The van der Waals surface area contributed by atoms with E-state index in [0.717, 1.165) is 0 Å². The van der Waals surface area contributed by atoms with Crippen LogP contribution in [-0.2, 0) is 4.79 Å². The zero-order chi connectivity index (χ0) is 13.8. The van der Waals surface area contributed by atoms with Gasteiger partial charge in [-0.1, -0.05) is 12.1 Å². The summed E-state index contributed by atoms with van der Waals surface area (Å²) in [6, 6.07) is 5.90. The average Bonchev–Trinajstić information content (AvgIpc) is 2.36. The Morgan fingerprint density at radius 3 is 2.61 bits per heavy atom. The molecule has 100 valence electrons. The van der Waals surface area contributed by atoms with E-state index in [4.69, 9.17) is 9.84 Å². The van der Waals surface area contributed by atoms with Crippen LogP contribution in [0.1, 0.15) is 13.8 Å². The lowest BCUT2D eigenvalue weighted by atomic mass is 10.1. The third-order valence-electron chi connectivity index (χ3n) is 2.86. The van der Waals surface area contributed by atoms with E-state index in [1.165, 1.54) is 17.0 Å². The van der Waals surface area contributed by atoms with Crippen LogP contribution in [0, 0.1) is 5.82 Å². The molecule has 0 aromatic heterocycles. The highest BCUT2D eigenvalue weighted by Crippen LogP contribution is 2.16. The molecule has 1 aromatic carbocycles. The van der Waals surface area contributed by atoms with Gasteiger partial charge in [0.15, 0.2) is 18.2 Å². The quantitative estimate of drug-likeness (QED) is 0.866. The molecule has 0 saturated carbocycles. The van der Waals surface area contributed by atoms with Crippen LogP contribution in [0.15, 0.2) is 24.3 Å². The molecule has 0 unspecified atom stereocenters. The Morgan fingerprint density at radius 2 is 2.06 bits per heavy atom. The van der Waals surface area contributed by atoms with Crippen LogP contribution in [0.5, 0.6) is 5.75 Å². The van der Waals surface area contributed by atoms with Crippen LogP contribution in [-0.4, -0.2) is 41.7 Å². The van der Waals surface area contributed by atoms with Gasteiger partial charge in [-0.05, 0) is 26.0 Å². The molecule has 0 aliphatic rings. The van der Waals surface area contributed by atoms with Gasteiger partial charge >= 0.3 is 0 Å². The smallest absolute Gasteiger partial charge is 0.260 e. The van der Waals surface area contributed by atoms with Gasteiger partial charge in [0, 0.05) is 7.05 Å². The van der Waals surface area contributed by atoms with Crippen molar-refractivity contribution in [3.05, 3.63) is 30.1 Å². The summed E-state index contributed by atoms with van der Waals surface area (Å²) < 4.78 is 18.4. The summed E-state index contributed by atoms with van der Waals surface area (Å²) >= 11 is 0. The van der Waals surface area contributed by atoms with Crippen molar-refractivity contribution >= 4 is 5.91 Å². The predicted octanol–water partition coefficient (Wildman–Crippen LogP) is 1.43. The van der Waals surface area contributed by atoms with Gasteiger partial charge in [-0.3, -0.25) is 4.79 Å². The Kier molecular flexibility index (Phi) is 4.67. The van der Waals surface area contributed by atoms with Crippen molar-refractivity contribution in [1.82, 2.24) is 4.90 Å². The number of carbonyl (C=O) groups excluding carboxylic acids is 1. The van der Waals surface area contributed by atoms with E-state index in [1.807, 2.05) is 0 Å². The van der Waals surface area contributed by atoms with Crippen molar-refractivity contribution in [2.45, 2.75) is 19.4 Å². The summed E-state index contributed by atoms with van der Waals surface area (Å²) in [6.45, 7) is 3.04. The number of ether oxygens (including phenoxy) is 1. The van der Waals surface area contributed by atoms with E-state index in [2.05, 4.69) is 0 Å². The third-order valence-corrected chi connectivity index (χ3v) is 2.86. The van der Waals surface area contributed by atoms with Gasteiger partial charge in [0.05, 0.1) is 12.1 Å². The molecule has 1 rings (SSSR count). The summed E-state index contributed by atoms with van der Waals surface area (Å²) in [5.74, 6) is -0.785. The van der Waals surface area contributed by atoms with Crippen LogP contribution in [0.25, 0.3) is 0 Å². The number of rotatable bonds is 5. The van der Waals surface area contributed by atoms with Crippen molar-refractivity contribution in [3.63, 3.8) is 0 Å². The molecule has 0 saturated heterocycles. The highest BCUT2D eigenvalue weighted by molar-refractivity contribution is 5.78. The minimum absolute atomic E-state index is 0.0426. The van der Waals surface area contributed by atoms with Crippen LogP contribution in [0.2, 0.25) is 0 Å². The van der Waals surface area contributed by atoms with Crippen LogP contribution >= 0.6 is 0 Å². The number of hydrogen-bond donors (Lipinski definition) is 1. The van der Waals surface area contributed by atoms with Crippen molar-refractivity contribution in [2.24, 2.45) is 0 Å². The fraction of sp³-hybridized carbons (Fsp3) is 0.462. The van der Waals surface area contributed by atoms with E-state index in [-0.39, 0.29) is 24.9 Å². The number of carbonyl (C=O) groups is 1. The lowest BCUT2D eigenvalue weighted by Crippen LogP contribution is -2.49. The summed E-state index contributed by atoms with van der Waals surface area (Å²) in [5, 5.41) is 9.15. The Bertz CT molecular complexity index is 420. The van der Waals surface area contributed by atoms with Crippen LogP contribution in [0.4, 0.5) is 4.39 Å². The number of aliphatic hydroxyl groups is 1. The normalized spacial score (nSPS) is 11.2. The minimum atomic E-state index is -0.671. The maximum absolute atomic E-state index is 13.3. The van der Waals surface area contributed by atoms with E-state index in [9.17, 15) is 9.18 Å². The lowest BCUT2D eigenvalue weighted by Gasteiger charge is -2.33. The second kappa shape index (κ2) is 5.82. The number of aliphatic hydroxyl groups excluding tert-OH is 1. The molecule has 0 spiro atoms. The van der Waals surface area contributed by atoms with Crippen molar-refractivity contribution in [1.29, 1.82) is 0 Å². The Morgan fingerprint density at radius 1 is 1.44 bits per heavy atom. The molecule has 1 amide bonds. The van der Waals surface area contributed by atoms with E-state index < -0.39 is 11.4 Å². The molecule has 0 heterocycles. The second-order valence-electron chi connectivity index (χ2n) is 4.64. The fourth-order valence-corrected chi connectivity index (χ4v) is 1.24.